The maximum Gasteiger partial charge on any atom is 0.244 e. The Balaban J connectivity index is 2.07. The van der Waals surface area contributed by atoms with Crippen LogP contribution in [0.1, 0.15) is 43.0 Å². The van der Waals surface area contributed by atoms with E-state index in [0.29, 0.717) is 5.92 Å². The number of amides is 1. The number of aryl methyl sites for hydroxylation is 1. The molecule has 0 aliphatic rings. The van der Waals surface area contributed by atoms with Gasteiger partial charge in [0, 0.05) is 6.08 Å². The smallest absolute Gasteiger partial charge is 0.244 e. The molecule has 132 valence electrons. The minimum absolute atomic E-state index is 0.0129. The second-order valence-electron chi connectivity index (χ2n) is 6.71. The SMILES string of the molecule is COc1ccc([C@H](CC(C)C)NC(=O)/C=C/c2ccc(C)cc2)cc1. The predicted molar refractivity (Wildman–Crippen MR) is 104 cm³/mol. The monoisotopic (exact) mass is 337 g/mol. The van der Waals surface area contributed by atoms with E-state index >= 15 is 0 Å². The fraction of sp³-hybridized carbons (Fsp3) is 0.318. The van der Waals surface area contributed by atoms with E-state index in [1.54, 1.807) is 13.2 Å². The molecule has 25 heavy (non-hydrogen) atoms. The largest absolute Gasteiger partial charge is 0.497 e. The Morgan fingerprint density at radius 2 is 1.72 bits per heavy atom. The lowest BCUT2D eigenvalue weighted by Gasteiger charge is -2.20. The third kappa shape index (κ3) is 6.11. The van der Waals surface area contributed by atoms with Crippen LogP contribution >= 0.6 is 0 Å². The Kier molecular flexibility index (Phi) is 6.81. The molecule has 0 fully saturated rings. The molecule has 3 heteroatoms. The first-order valence-corrected chi connectivity index (χ1v) is 8.67. The zero-order chi connectivity index (χ0) is 18.2. The van der Waals surface area contributed by atoms with Gasteiger partial charge in [-0.05, 0) is 48.6 Å². The Morgan fingerprint density at radius 1 is 1.08 bits per heavy atom. The zero-order valence-electron chi connectivity index (χ0n) is 15.5. The van der Waals surface area contributed by atoms with Crippen LogP contribution in [0.15, 0.2) is 54.6 Å². The Bertz CT molecular complexity index is 700. The van der Waals surface area contributed by atoms with E-state index in [1.807, 2.05) is 61.5 Å². The average Bonchev–Trinajstić information content (AvgIpc) is 2.60. The molecule has 0 aromatic heterocycles. The highest BCUT2D eigenvalue weighted by Gasteiger charge is 2.15. The van der Waals surface area contributed by atoms with E-state index in [2.05, 4.69) is 19.2 Å². The second kappa shape index (κ2) is 9.07. The summed E-state index contributed by atoms with van der Waals surface area (Å²) in [6.45, 7) is 6.36. The first-order chi connectivity index (χ1) is 12.0. The minimum Gasteiger partial charge on any atom is -0.497 e. The molecule has 0 aliphatic heterocycles. The van der Waals surface area contributed by atoms with Crippen LogP contribution in [0.3, 0.4) is 0 Å². The van der Waals surface area contributed by atoms with Crippen LogP contribution in [0.25, 0.3) is 6.08 Å². The summed E-state index contributed by atoms with van der Waals surface area (Å²) >= 11 is 0. The molecule has 0 spiro atoms. The van der Waals surface area contributed by atoms with Crippen molar-refractivity contribution in [3.05, 3.63) is 71.3 Å². The summed E-state index contributed by atoms with van der Waals surface area (Å²) < 4.78 is 5.21. The normalized spacial score (nSPS) is 12.4. The summed E-state index contributed by atoms with van der Waals surface area (Å²) in [6.07, 6.45) is 4.33. The quantitative estimate of drug-likeness (QED) is 0.728. The maximum absolute atomic E-state index is 12.3. The van der Waals surface area contributed by atoms with Crippen molar-refractivity contribution in [1.82, 2.24) is 5.32 Å². The van der Waals surface area contributed by atoms with Gasteiger partial charge in [-0.3, -0.25) is 4.79 Å². The molecule has 0 saturated carbocycles. The molecule has 0 heterocycles. The second-order valence-corrected chi connectivity index (χ2v) is 6.71. The molecule has 0 aliphatic carbocycles. The molecule has 0 saturated heterocycles. The number of rotatable bonds is 7. The third-order valence-corrected chi connectivity index (χ3v) is 4.05. The van der Waals surface area contributed by atoms with Crippen LogP contribution in [-0.4, -0.2) is 13.0 Å². The van der Waals surface area contributed by atoms with Gasteiger partial charge in [-0.25, -0.2) is 0 Å². The first-order valence-electron chi connectivity index (χ1n) is 8.67. The predicted octanol–water partition coefficient (Wildman–Crippen LogP) is 4.92. The molecule has 2 aromatic carbocycles. The molecule has 1 amide bonds. The van der Waals surface area contributed by atoms with Gasteiger partial charge >= 0.3 is 0 Å². The van der Waals surface area contributed by atoms with Crippen molar-refractivity contribution in [2.45, 2.75) is 33.2 Å². The van der Waals surface area contributed by atoms with Crippen molar-refractivity contribution in [3.8, 4) is 5.75 Å². The number of carbonyl (C=O) groups is 1. The van der Waals surface area contributed by atoms with E-state index in [4.69, 9.17) is 4.74 Å². The van der Waals surface area contributed by atoms with Gasteiger partial charge in [0.1, 0.15) is 5.75 Å². The Morgan fingerprint density at radius 3 is 2.28 bits per heavy atom. The molecule has 0 bridgehead atoms. The lowest BCUT2D eigenvalue weighted by molar-refractivity contribution is -0.117. The van der Waals surface area contributed by atoms with Gasteiger partial charge in [-0.15, -0.1) is 0 Å². The fourth-order valence-corrected chi connectivity index (χ4v) is 2.66. The van der Waals surface area contributed by atoms with Gasteiger partial charge in [-0.1, -0.05) is 55.8 Å². The lowest BCUT2D eigenvalue weighted by atomic mass is 9.97. The van der Waals surface area contributed by atoms with E-state index in [9.17, 15) is 4.79 Å². The van der Waals surface area contributed by atoms with Crippen molar-refractivity contribution >= 4 is 12.0 Å². The number of hydrogen-bond donors (Lipinski definition) is 1. The van der Waals surface area contributed by atoms with Crippen molar-refractivity contribution in [3.63, 3.8) is 0 Å². The first kappa shape index (κ1) is 18.8. The zero-order valence-corrected chi connectivity index (χ0v) is 15.5. The summed E-state index contributed by atoms with van der Waals surface area (Å²) in [6, 6.07) is 16.0. The Hall–Kier alpha value is -2.55. The minimum atomic E-state index is -0.0814. The van der Waals surface area contributed by atoms with Crippen LogP contribution in [-0.2, 0) is 4.79 Å². The van der Waals surface area contributed by atoms with Gasteiger partial charge in [0.2, 0.25) is 5.91 Å². The number of nitrogens with one attached hydrogen (secondary N) is 1. The number of hydrogen-bond acceptors (Lipinski definition) is 2. The molecule has 2 rings (SSSR count). The molecule has 0 unspecified atom stereocenters. The van der Waals surface area contributed by atoms with Crippen molar-refractivity contribution in [2.24, 2.45) is 5.92 Å². The molecule has 1 atom stereocenters. The summed E-state index contributed by atoms with van der Waals surface area (Å²) in [5.41, 5.74) is 3.32. The number of carbonyl (C=O) groups excluding carboxylic acids is 1. The van der Waals surface area contributed by atoms with Gasteiger partial charge in [0.05, 0.1) is 13.2 Å². The van der Waals surface area contributed by atoms with E-state index in [1.165, 1.54) is 5.56 Å². The fourth-order valence-electron chi connectivity index (χ4n) is 2.66. The molecule has 1 N–H and O–H groups in total. The van der Waals surface area contributed by atoms with Crippen LogP contribution in [0.4, 0.5) is 0 Å². The van der Waals surface area contributed by atoms with Crippen molar-refractivity contribution < 1.29 is 9.53 Å². The molecule has 0 radical (unpaired) electrons. The number of benzene rings is 2. The number of ether oxygens (including phenoxy) is 1. The lowest BCUT2D eigenvalue weighted by Crippen LogP contribution is -2.27. The molecular formula is C22H27NO2. The maximum atomic E-state index is 12.3. The van der Waals surface area contributed by atoms with Gasteiger partial charge < -0.3 is 10.1 Å². The summed E-state index contributed by atoms with van der Waals surface area (Å²) in [7, 11) is 1.65. The average molecular weight is 337 g/mol. The van der Waals surface area contributed by atoms with Crippen molar-refractivity contribution in [1.29, 1.82) is 0 Å². The van der Waals surface area contributed by atoms with Crippen LogP contribution in [0.5, 0.6) is 5.75 Å². The van der Waals surface area contributed by atoms with Crippen LogP contribution in [0, 0.1) is 12.8 Å². The highest BCUT2D eigenvalue weighted by atomic mass is 16.5. The summed E-state index contributed by atoms with van der Waals surface area (Å²) in [5, 5.41) is 3.12. The van der Waals surface area contributed by atoms with E-state index in [0.717, 1.165) is 23.3 Å². The molecular weight excluding hydrogens is 310 g/mol. The van der Waals surface area contributed by atoms with E-state index < -0.39 is 0 Å². The third-order valence-electron chi connectivity index (χ3n) is 4.05. The number of methoxy groups -OCH3 is 1. The van der Waals surface area contributed by atoms with Crippen LogP contribution < -0.4 is 10.1 Å². The van der Waals surface area contributed by atoms with Gasteiger partial charge in [0.25, 0.3) is 0 Å². The van der Waals surface area contributed by atoms with Gasteiger partial charge in [0.15, 0.2) is 0 Å². The van der Waals surface area contributed by atoms with Crippen molar-refractivity contribution in [2.75, 3.05) is 7.11 Å². The van der Waals surface area contributed by atoms with Crippen LogP contribution in [0.2, 0.25) is 0 Å². The molecule has 2 aromatic rings. The highest BCUT2D eigenvalue weighted by molar-refractivity contribution is 5.92. The Labute approximate surface area is 150 Å². The van der Waals surface area contributed by atoms with Gasteiger partial charge in [-0.2, -0.15) is 0 Å². The standard InChI is InChI=1S/C22H27NO2/c1-16(2)15-21(19-10-12-20(25-4)13-11-19)23-22(24)14-9-18-7-5-17(3)6-8-18/h5-14,16,21H,15H2,1-4H3,(H,23,24)/b14-9+/t21-/m0/s1. The summed E-state index contributed by atoms with van der Waals surface area (Å²) in [5.74, 6) is 1.22. The highest BCUT2D eigenvalue weighted by Crippen LogP contribution is 2.23. The van der Waals surface area contributed by atoms with E-state index in [-0.39, 0.29) is 11.9 Å². The molecule has 3 nitrogen and oxygen atoms in total. The topological polar surface area (TPSA) is 38.3 Å². The summed E-state index contributed by atoms with van der Waals surface area (Å²) in [4.78, 5) is 12.3.